The Labute approximate surface area is 137 Å². The maximum Gasteiger partial charge on any atom is 0.147 e. The van der Waals surface area contributed by atoms with Gasteiger partial charge in [-0.1, -0.05) is 32.4 Å². The van der Waals surface area contributed by atoms with Crippen LogP contribution in [0.1, 0.15) is 33.1 Å². The van der Waals surface area contributed by atoms with Crippen molar-refractivity contribution in [2.24, 2.45) is 0 Å². The number of hydrogen-bond acceptors (Lipinski definition) is 3. The van der Waals surface area contributed by atoms with Crippen molar-refractivity contribution in [2.45, 2.75) is 33.1 Å². The summed E-state index contributed by atoms with van der Waals surface area (Å²) in [6.07, 6.45) is 9.24. The van der Waals surface area contributed by atoms with Crippen LogP contribution in [0.15, 0.2) is 42.1 Å². The van der Waals surface area contributed by atoms with E-state index in [9.17, 15) is 0 Å². The molecule has 2 rings (SSSR count). The Balaban J connectivity index is 2.18. The molecule has 2 aromatic rings. The fourth-order valence-corrected chi connectivity index (χ4v) is 2.63. The number of rotatable bonds is 9. The van der Waals surface area contributed by atoms with Crippen LogP contribution in [0.25, 0.3) is 17.6 Å². The largest absolute Gasteiger partial charge is 0.493 e. The number of benzene rings is 1. The minimum atomic E-state index is 0.746. The Morgan fingerprint density at radius 2 is 2.09 bits per heavy atom. The number of para-hydroxylation sites is 1. The molecule has 1 aromatic carbocycles. The van der Waals surface area contributed by atoms with E-state index < -0.39 is 0 Å². The van der Waals surface area contributed by atoms with E-state index in [4.69, 9.17) is 4.74 Å². The zero-order valence-electron chi connectivity index (χ0n) is 13.4. The van der Waals surface area contributed by atoms with Crippen molar-refractivity contribution in [3.63, 3.8) is 0 Å². The van der Waals surface area contributed by atoms with E-state index in [-0.39, 0.29) is 0 Å². The van der Waals surface area contributed by atoms with Gasteiger partial charge in [-0.25, -0.2) is 4.98 Å². The first-order valence-corrected chi connectivity index (χ1v) is 8.95. The van der Waals surface area contributed by atoms with Crippen LogP contribution in [-0.4, -0.2) is 21.9 Å². The Kier molecular flexibility index (Phi) is 7.10. The molecule has 0 aliphatic heterocycles. The summed E-state index contributed by atoms with van der Waals surface area (Å²) in [5.74, 6) is 2.95. The van der Waals surface area contributed by atoms with Crippen LogP contribution in [0.3, 0.4) is 0 Å². The SMILES string of the molecule is CCCCOc1ccccc1-c1nccn1C=CSCCC. The highest BCUT2D eigenvalue weighted by atomic mass is 32.2. The van der Waals surface area contributed by atoms with Crippen LogP contribution in [-0.2, 0) is 0 Å². The summed E-state index contributed by atoms with van der Waals surface area (Å²) in [5.41, 5.74) is 1.04. The number of unbranched alkanes of at least 4 members (excludes halogenated alkanes) is 1. The van der Waals surface area contributed by atoms with Crippen molar-refractivity contribution in [2.75, 3.05) is 12.4 Å². The predicted molar refractivity (Wildman–Crippen MR) is 96.1 cm³/mol. The number of nitrogens with zero attached hydrogens (tertiary/aromatic N) is 2. The second kappa shape index (κ2) is 9.36. The van der Waals surface area contributed by atoms with Gasteiger partial charge < -0.3 is 9.30 Å². The molecule has 0 aliphatic rings. The molecule has 3 nitrogen and oxygen atoms in total. The summed E-state index contributed by atoms with van der Waals surface area (Å²) in [7, 11) is 0. The van der Waals surface area contributed by atoms with Gasteiger partial charge >= 0.3 is 0 Å². The molecule has 0 saturated heterocycles. The Morgan fingerprint density at radius 1 is 1.23 bits per heavy atom. The van der Waals surface area contributed by atoms with E-state index in [0.29, 0.717) is 0 Å². The predicted octanol–water partition coefficient (Wildman–Crippen LogP) is 5.30. The minimum absolute atomic E-state index is 0.746. The van der Waals surface area contributed by atoms with Crippen LogP contribution < -0.4 is 4.74 Å². The van der Waals surface area contributed by atoms with Crippen LogP contribution in [0.2, 0.25) is 0 Å². The minimum Gasteiger partial charge on any atom is -0.493 e. The quantitative estimate of drug-likeness (QED) is 0.587. The van der Waals surface area contributed by atoms with Gasteiger partial charge in [0.15, 0.2) is 0 Å². The number of aromatic nitrogens is 2. The molecule has 4 heteroatoms. The molecule has 0 radical (unpaired) electrons. The lowest BCUT2D eigenvalue weighted by Crippen LogP contribution is -1.99. The molecular weight excluding hydrogens is 292 g/mol. The molecule has 0 atom stereocenters. The summed E-state index contributed by atoms with van der Waals surface area (Å²) in [6.45, 7) is 5.10. The molecule has 1 heterocycles. The summed E-state index contributed by atoms with van der Waals surface area (Å²) < 4.78 is 7.96. The van der Waals surface area contributed by atoms with Gasteiger partial charge in [0, 0.05) is 18.6 Å². The van der Waals surface area contributed by atoms with Crippen molar-refractivity contribution in [3.05, 3.63) is 42.1 Å². The van der Waals surface area contributed by atoms with Crippen molar-refractivity contribution < 1.29 is 4.74 Å². The lowest BCUT2D eigenvalue weighted by Gasteiger charge is -2.11. The average Bonchev–Trinajstić information content (AvgIpc) is 3.01. The van der Waals surface area contributed by atoms with Gasteiger partial charge in [-0.3, -0.25) is 0 Å². The van der Waals surface area contributed by atoms with E-state index >= 15 is 0 Å². The zero-order chi connectivity index (χ0) is 15.6. The van der Waals surface area contributed by atoms with Crippen molar-refractivity contribution >= 4 is 18.0 Å². The number of thioether (sulfide) groups is 1. The number of imidazole rings is 1. The molecule has 0 bridgehead atoms. The maximum absolute atomic E-state index is 5.92. The Bertz CT molecular complexity index is 592. The monoisotopic (exact) mass is 316 g/mol. The van der Waals surface area contributed by atoms with E-state index in [1.165, 1.54) is 6.42 Å². The zero-order valence-corrected chi connectivity index (χ0v) is 14.2. The highest BCUT2D eigenvalue weighted by molar-refractivity contribution is 8.02. The van der Waals surface area contributed by atoms with Crippen molar-refractivity contribution in [3.8, 4) is 17.1 Å². The highest BCUT2D eigenvalue weighted by Crippen LogP contribution is 2.29. The molecule has 22 heavy (non-hydrogen) atoms. The average molecular weight is 316 g/mol. The van der Waals surface area contributed by atoms with Crippen molar-refractivity contribution in [1.29, 1.82) is 0 Å². The van der Waals surface area contributed by atoms with E-state index in [1.807, 2.05) is 46.9 Å². The smallest absolute Gasteiger partial charge is 0.147 e. The summed E-state index contributed by atoms with van der Waals surface area (Å²) in [6, 6.07) is 8.11. The van der Waals surface area contributed by atoms with E-state index in [2.05, 4.69) is 36.5 Å². The summed E-state index contributed by atoms with van der Waals surface area (Å²) in [5, 5.41) is 2.12. The molecule has 0 unspecified atom stereocenters. The van der Waals surface area contributed by atoms with Gasteiger partial charge in [-0.15, -0.1) is 11.8 Å². The van der Waals surface area contributed by atoms with Gasteiger partial charge in [-0.05, 0) is 36.1 Å². The Hall–Kier alpha value is -1.68. The maximum atomic E-state index is 5.92. The topological polar surface area (TPSA) is 27.1 Å². The summed E-state index contributed by atoms with van der Waals surface area (Å²) in [4.78, 5) is 4.50. The third-order valence-corrected chi connectivity index (χ3v) is 4.15. The van der Waals surface area contributed by atoms with E-state index in [0.717, 1.165) is 42.3 Å². The summed E-state index contributed by atoms with van der Waals surface area (Å²) >= 11 is 1.82. The lowest BCUT2D eigenvalue weighted by molar-refractivity contribution is 0.310. The second-order valence-corrected chi connectivity index (χ2v) is 6.03. The van der Waals surface area contributed by atoms with Gasteiger partial charge in [-0.2, -0.15) is 0 Å². The Morgan fingerprint density at radius 3 is 2.91 bits per heavy atom. The molecule has 0 fully saturated rings. The molecule has 0 N–H and O–H groups in total. The van der Waals surface area contributed by atoms with Gasteiger partial charge in [0.1, 0.15) is 11.6 Å². The van der Waals surface area contributed by atoms with E-state index in [1.54, 1.807) is 0 Å². The first kappa shape index (κ1) is 16.7. The molecule has 0 aliphatic carbocycles. The van der Waals surface area contributed by atoms with Crippen LogP contribution in [0.4, 0.5) is 0 Å². The molecule has 0 spiro atoms. The third-order valence-electron chi connectivity index (χ3n) is 3.19. The second-order valence-electron chi connectivity index (χ2n) is 5.01. The molecule has 0 saturated carbocycles. The lowest BCUT2D eigenvalue weighted by atomic mass is 10.2. The first-order chi connectivity index (χ1) is 10.9. The normalized spacial score (nSPS) is 11.2. The molecule has 0 amide bonds. The highest BCUT2D eigenvalue weighted by Gasteiger charge is 2.10. The van der Waals surface area contributed by atoms with Gasteiger partial charge in [0.05, 0.1) is 12.2 Å². The molecular formula is C18H24N2OS. The van der Waals surface area contributed by atoms with Crippen LogP contribution in [0.5, 0.6) is 5.75 Å². The third kappa shape index (κ3) is 4.67. The number of ether oxygens (including phenoxy) is 1. The van der Waals surface area contributed by atoms with Gasteiger partial charge in [0.25, 0.3) is 0 Å². The van der Waals surface area contributed by atoms with Crippen LogP contribution in [0, 0.1) is 0 Å². The van der Waals surface area contributed by atoms with Gasteiger partial charge in [0.2, 0.25) is 0 Å². The fraction of sp³-hybridized carbons (Fsp3) is 0.389. The molecule has 1 aromatic heterocycles. The van der Waals surface area contributed by atoms with Crippen molar-refractivity contribution in [1.82, 2.24) is 9.55 Å². The standard InChI is InChI=1S/C18H24N2OS/c1-3-5-13-21-17-9-7-6-8-16(17)18-19-10-11-20(18)12-15-22-14-4-2/h6-12,15H,3-5,13-14H2,1-2H3. The molecule has 118 valence electrons. The first-order valence-electron chi connectivity index (χ1n) is 7.90. The van der Waals surface area contributed by atoms with Crippen LogP contribution >= 0.6 is 11.8 Å². The fourth-order valence-electron chi connectivity index (χ4n) is 2.04. The number of hydrogen-bond donors (Lipinski definition) is 0.